The van der Waals surface area contributed by atoms with Crippen LogP contribution in [0.2, 0.25) is 0 Å². The number of aliphatic hydroxyl groups excluding tert-OH is 1. The molecule has 0 radical (unpaired) electrons. The van der Waals surface area contributed by atoms with Gasteiger partial charge in [0.1, 0.15) is 5.69 Å². The third kappa shape index (κ3) is 2.82. The number of hydrogen-bond donors (Lipinski definition) is 3. The fraction of sp³-hybridized carbons (Fsp3) is 0.500. The van der Waals surface area contributed by atoms with E-state index in [4.69, 9.17) is 9.84 Å². The molecule has 0 saturated carbocycles. The Labute approximate surface area is 81.3 Å². The molecule has 0 aliphatic heterocycles. The average Bonchev–Trinajstić information content (AvgIpc) is 2.69. The smallest absolute Gasteiger partial charge is 0.269 e. The molecule has 1 amide bonds. The van der Waals surface area contributed by atoms with E-state index in [0.29, 0.717) is 5.69 Å². The van der Waals surface area contributed by atoms with E-state index in [2.05, 4.69) is 15.5 Å². The van der Waals surface area contributed by atoms with Crippen molar-refractivity contribution in [3.05, 3.63) is 18.0 Å². The van der Waals surface area contributed by atoms with Gasteiger partial charge in [-0.25, -0.2) is 0 Å². The van der Waals surface area contributed by atoms with Gasteiger partial charge in [-0.15, -0.1) is 0 Å². The second-order valence-electron chi connectivity index (χ2n) is 2.78. The summed E-state index contributed by atoms with van der Waals surface area (Å²) in [6.45, 7) is 0.115. The number of hydrogen-bond acceptors (Lipinski definition) is 4. The first kappa shape index (κ1) is 10.7. The van der Waals surface area contributed by atoms with Gasteiger partial charge < -0.3 is 15.2 Å². The van der Waals surface area contributed by atoms with Crippen molar-refractivity contribution in [1.82, 2.24) is 15.5 Å². The van der Waals surface area contributed by atoms with Crippen LogP contribution in [0, 0.1) is 0 Å². The van der Waals surface area contributed by atoms with Gasteiger partial charge in [-0.05, 0) is 6.07 Å². The largest absolute Gasteiger partial charge is 0.394 e. The predicted octanol–water partition coefficient (Wildman–Crippen LogP) is -0.853. The number of H-pyrrole nitrogens is 1. The molecule has 3 N–H and O–H groups in total. The van der Waals surface area contributed by atoms with Crippen LogP contribution in [-0.2, 0) is 4.74 Å². The summed E-state index contributed by atoms with van der Waals surface area (Å²) in [4.78, 5) is 11.4. The van der Waals surface area contributed by atoms with Crippen molar-refractivity contribution in [2.75, 3.05) is 20.3 Å². The molecule has 78 valence electrons. The number of carbonyl (C=O) groups excluding carboxylic acids is 1. The first-order valence-corrected chi connectivity index (χ1v) is 4.18. The Morgan fingerprint density at radius 1 is 1.86 bits per heavy atom. The zero-order chi connectivity index (χ0) is 10.4. The summed E-state index contributed by atoms with van der Waals surface area (Å²) in [5, 5.41) is 17.6. The van der Waals surface area contributed by atoms with Gasteiger partial charge in [0.25, 0.3) is 5.91 Å². The molecule has 1 atom stereocenters. The fourth-order valence-corrected chi connectivity index (χ4v) is 0.987. The molecular weight excluding hydrogens is 186 g/mol. The maximum atomic E-state index is 11.4. The molecular formula is C8H13N3O3. The van der Waals surface area contributed by atoms with Gasteiger partial charge in [0, 0.05) is 13.3 Å². The third-order valence-corrected chi connectivity index (χ3v) is 1.67. The van der Waals surface area contributed by atoms with E-state index in [1.165, 1.54) is 13.3 Å². The van der Waals surface area contributed by atoms with Gasteiger partial charge in [-0.1, -0.05) is 0 Å². The molecule has 0 bridgehead atoms. The Balaban J connectivity index is 2.47. The summed E-state index contributed by atoms with van der Waals surface area (Å²) in [6.07, 6.45) is 1.49. The second kappa shape index (κ2) is 5.36. The van der Waals surface area contributed by atoms with E-state index in [9.17, 15) is 4.79 Å². The molecule has 0 saturated heterocycles. The van der Waals surface area contributed by atoms with Crippen LogP contribution in [0.25, 0.3) is 0 Å². The average molecular weight is 199 g/mol. The molecule has 14 heavy (non-hydrogen) atoms. The first-order chi connectivity index (χ1) is 6.77. The van der Waals surface area contributed by atoms with E-state index in [1.807, 2.05) is 0 Å². The summed E-state index contributed by atoms with van der Waals surface area (Å²) in [7, 11) is 1.50. The lowest BCUT2D eigenvalue weighted by atomic mass is 10.3. The minimum absolute atomic E-state index is 0.159. The summed E-state index contributed by atoms with van der Waals surface area (Å²) in [5.41, 5.74) is 0.361. The van der Waals surface area contributed by atoms with Gasteiger partial charge in [-0.3, -0.25) is 9.89 Å². The van der Waals surface area contributed by atoms with Crippen LogP contribution in [0.3, 0.4) is 0 Å². The quantitative estimate of drug-likeness (QED) is 0.576. The number of nitrogens with one attached hydrogen (secondary N) is 2. The zero-order valence-electron chi connectivity index (χ0n) is 7.86. The van der Waals surface area contributed by atoms with Crippen molar-refractivity contribution in [2.45, 2.75) is 6.04 Å². The summed E-state index contributed by atoms with van der Waals surface area (Å²) >= 11 is 0. The molecule has 6 nitrogen and oxygen atoms in total. The maximum absolute atomic E-state index is 11.4. The number of carbonyl (C=O) groups is 1. The fourth-order valence-electron chi connectivity index (χ4n) is 0.987. The summed E-state index contributed by atoms with van der Waals surface area (Å²) < 4.78 is 4.81. The van der Waals surface area contributed by atoms with Crippen LogP contribution in [0.1, 0.15) is 10.5 Å². The van der Waals surface area contributed by atoms with Gasteiger partial charge in [-0.2, -0.15) is 5.10 Å². The second-order valence-corrected chi connectivity index (χ2v) is 2.78. The van der Waals surface area contributed by atoms with Crippen LogP contribution >= 0.6 is 0 Å². The van der Waals surface area contributed by atoms with E-state index >= 15 is 0 Å². The SMILES string of the molecule is COCC(CO)NC(=O)c1ccn[nH]1. The van der Waals surface area contributed by atoms with Crippen LogP contribution < -0.4 is 5.32 Å². The standard InChI is InChI=1S/C8H13N3O3/c1-14-5-6(4-12)10-8(13)7-2-3-9-11-7/h2-3,6,12H,4-5H2,1H3,(H,9,11)(H,10,13). The zero-order valence-corrected chi connectivity index (χ0v) is 7.86. The summed E-state index contributed by atoms with van der Waals surface area (Å²) in [6, 6.07) is 1.16. The number of aromatic nitrogens is 2. The van der Waals surface area contributed by atoms with Crippen LogP contribution in [0.5, 0.6) is 0 Å². The van der Waals surface area contributed by atoms with Crippen molar-refractivity contribution < 1.29 is 14.6 Å². The Morgan fingerprint density at radius 3 is 3.14 bits per heavy atom. The Hall–Kier alpha value is -1.40. The Morgan fingerprint density at radius 2 is 2.64 bits per heavy atom. The van der Waals surface area contributed by atoms with E-state index in [1.54, 1.807) is 6.07 Å². The topological polar surface area (TPSA) is 87.2 Å². The Kier molecular flexibility index (Phi) is 4.09. The molecule has 1 aromatic heterocycles. The van der Waals surface area contributed by atoms with Crippen molar-refractivity contribution in [2.24, 2.45) is 0 Å². The van der Waals surface area contributed by atoms with Crippen molar-refractivity contribution in [3.63, 3.8) is 0 Å². The monoisotopic (exact) mass is 199 g/mol. The molecule has 1 rings (SSSR count). The number of rotatable bonds is 5. The minimum Gasteiger partial charge on any atom is -0.394 e. The first-order valence-electron chi connectivity index (χ1n) is 4.18. The lowest BCUT2D eigenvalue weighted by Gasteiger charge is -2.14. The van der Waals surface area contributed by atoms with E-state index < -0.39 is 6.04 Å². The van der Waals surface area contributed by atoms with Gasteiger partial charge in [0.15, 0.2) is 0 Å². The highest BCUT2D eigenvalue weighted by molar-refractivity contribution is 5.92. The Bertz CT molecular complexity index is 273. The van der Waals surface area contributed by atoms with Crippen LogP contribution in [0.4, 0.5) is 0 Å². The number of ether oxygens (including phenoxy) is 1. The molecule has 1 heterocycles. The minimum atomic E-state index is -0.393. The van der Waals surface area contributed by atoms with Crippen molar-refractivity contribution in [3.8, 4) is 0 Å². The van der Waals surface area contributed by atoms with Gasteiger partial charge in [0.05, 0.1) is 19.3 Å². The lowest BCUT2D eigenvalue weighted by molar-refractivity contribution is 0.0835. The molecule has 0 fully saturated rings. The van der Waals surface area contributed by atoms with Crippen LogP contribution in [0.15, 0.2) is 12.3 Å². The summed E-state index contributed by atoms with van der Waals surface area (Å²) in [5.74, 6) is -0.307. The van der Waals surface area contributed by atoms with E-state index in [0.717, 1.165) is 0 Å². The number of nitrogens with zero attached hydrogens (tertiary/aromatic N) is 1. The van der Waals surface area contributed by atoms with Crippen molar-refractivity contribution >= 4 is 5.91 Å². The predicted molar refractivity (Wildman–Crippen MR) is 48.8 cm³/mol. The molecule has 6 heteroatoms. The molecule has 0 aliphatic carbocycles. The normalized spacial score (nSPS) is 12.4. The molecule has 0 spiro atoms. The number of aliphatic hydroxyl groups is 1. The van der Waals surface area contributed by atoms with Crippen LogP contribution in [-0.4, -0.2) is 47.6 Å². The van der Waals surface area contributed by atoms with Gasteiger partial charge in [0.2, 0.25) is 0 Å². The number of aromatic amines is 1. The molecule has 0 aromatic carbocycles. The van der Waals surface area contributed by atoms with Crippen molar-refractivity contribution in [1.29, 1.82) is 0 Å². The molecule has 1 unspecified atom stereocenters. The highest BCUT2D eigenvalue weighted by Gasteiger charge is 2.13. The van der Waals surface area contributed by atoms with E-state index in [-0.39, 0.29) is 19.1 Å². The highest BCUT2D eigenvalue weighted by Crippen LogP contribution is 1.93. The number of amides is 1. The van der Waals surface area contributed by atoms with Gasteiger partial charge >= 0.3 is 0 Å². The number of methoxy groups -OCH3 is 1. The lowest BCUT2D eigenvalue weighted by Crippen LogP contribution is -2.40. The third-order valence-electron chi connectivity index (χ3n) is 1.67. The highest BCUT2D eigenvalue weighted by atomic mass is 16.5. The maximum Gasteiger partial charge on any atom is 0.269 e. The molecule has 1 aromatic rings. The molecule has 0 aliphatic rings.